The van der Waals surface area contributed by atoms with E-state index < -0.39 is 11.4 Å². The van der Waals surface area contributed by atoms with Crippen LogP contribution in [-0.4, -0.2) is 37.4 Å². The Morgan fingerprint density at radius 2 is 1.82 bits per heavy atom. The molecule has 0 N–H and O–H groups in total. The summed E-state index contributed by atoms with van der Waals surface area (Å²) in [6.07, 6.45) is 12.5. The van der Waals surface area contributed by atoms with Gasteiger partial charge in [0.05, 0.1) is 0 Å². The molecule has 0 radical (unpaired) electrons. The molecule has 2 aliphatic heterocycles. The predicted octanol–water partition coefficient (Wildman–Crippen LogP) is 3.74. The van der Waals surface area contributed by atoms with E-state index in [-0.39, 0.29) is 16.6 Å². The molecule has 5 fully saturated rings. The number of rotatable bonds is 0. The zero-order valence-electron chi connectivity index (χ0n) is 16.9. The van der Waals surface area contributed by atoms with Gasteiger partial charge in [-0.05, 0) is 68.4 Å². The molecule has 0 aromatic carbocycles. The number of hydrogen-bond acceptors (Lipinski definition) is 5. The molecule has 6 aliphatic rings. The summed E-state index contributed by atoms with van der Waals surface area (Å²) in [4.78, 5) is 11.9. The first-order valence-corrected chi connectivity index (χ1v) is 10.9. The summed E-state index contributed by atoms with van der Waals surface area (Å²) < 4.78 is 24.2. The third-order valence-electron chi connectivity index (χ3n) is 9.56. The van der Waals surface area contributed by atoms with Gasteiger partial charge in [0.15, 0.2) is 19.4 Å². The molecule has 0 aromatic rings. The summed E-state index contributed by atoms with van der Waals surface area (Å²) in [5, 5.41) is 0. The second-order valence-electron chi connectivity index (χ2n) is 10.2. The summed E-state index contributed by atoms with van der Waals surface area (Å²) >= 11 is 0. The van der Waals surface area contributed by atoms with E-state index in [0.717, 1.165) is 32.1 Å². The maximum atomic E-state index is 11.9. The van der Waals surface area contributed by atoms with E-state index in [1.807, 2.05) is 6.08 Å². The first-order chi connectivity index (χ1) is 13.4. The first kappa shape index (κ1) is 17.8. The van der Waals surface area contributed by atoms with Gasteiger partial charge < -0.3 is 18.9 Å². The Morgan fingerprint density at radius 3 is 2.64 bits per heavy atom. The van der Waals surface area contributed by atoms with Crippen molar-refractivity contribution in [2.24, 2.45) is 28.6 Å². The SMILES string of the molecule is C[C@]12C=CC(=O)C=C1CC[C@@H]1[C@@H]2CC[C@@]2(C)[C@H]1CC[C@@]21OCOC12COCO2. The number of fused-ring (bicyclic) bond motifs is 7. The molecule has 5 nitrogen and oxygen atoms in total. The average molecular weight is 386 g/mol. The second-order valence-corrected chi connectivity index (χ2v) is 10.2. The van der Waals surface area contributed by atoms with Crippen molar-refractivity contribution in [3.05, 3.63) is 23.8 Å². The highest BCUT2D eigenvalue weighted by molar-refractivity contribution is 6.01. The van der Waals surface area contributed by atoms with Gasteiger partial charge in [0, 0.05) is 10.8 Å². The van der Waals surface area contributed by atoms with Crippen LogP contribution in [0, 0.1) is 28.6 Å². The lowest BCUT2D eigenvalue weighted by Crippen LogP contribution is -2.63. The molecular formula is C23H30O5. The third-order valence-corrected chi connectivity index (χ3v) is 9.56. The van der Waals surface area contributed by atoms with Crippen LogP contribution in [0.3, 0.4) is 0 Å². The van der Waals surface area contributed by atoms with Crippen molar-refractivity contribution >= 4 is 5.78 Å². The van der Waals surface area contributed by atoms with Gasteiger partial charge in [-0.2, -0.15) is 0 Å². The van der Waals surface area contributed by atoms with Crippen molar-refractivity contribution in [3.8, 4) is 0 Å². The predicted molar refractivity (Wildman–Crippen MR) is 101 cm³/mol. The Balaban J connectivity index is 1.38. The van der Waals surface area contributed by atoms with Crippen LogP contribution >= 0.6 is 0 Å². The zero-order valence-corrected chi connectivity index (χ0v) is 16.9. The maximum absolute atomic E-state index is 11.9. The highest BCUT2D eigenvalue weighted by Crippen LogP contribution is 2.71. The van der Waals surface area contributed by atoms with E-state index in [2.05, 4.69) is 19.9 Å². The Morgan fingerprint density at radius 1 is 1.00 bits per heavy atom. The molecule has 4 aliphatic carbocycles. The van der Waals surface area contributed by atoms with Gasteiger partial charge >= 0.3 is 0 Å². The fourth-order valence-electron chi connectivity index (χ4n) is 8.18. The molecule has 7 atom stereocenters. The fraction of sp³-hybridized carbons (Fsp3) is 0.783. The van der Waals surface area contributed by atoms with Crippen LogP contribution in [0.15, 0.2) is 23.8 Å². The van der Waals surface area contributed by atoms with E-state index in [4.69, 9.17) is 18.9 Å². The number of ether oxygens (including phenoxy) is 4. The van der Waals surface area contributed by atoms with Crippen molar-refractivity contribution in [3.63, 3.8) is 0 Å². The van der Waals surface area contributed by atoms with Crippen molar-refractivity contribution in [2.45, 2.75) is 63.8 Å². The highest BCUT2D eigenvalue weighted by Gasteiger charge is 2.75. The Kier molecular flexibility index (Phi) is 3.54. The minimum atomic E-state index is -0.732. The molecule has 0 bridgehead atoms. The van der Waals surface area contributed by atoms with Gasteiger partial charge in [-0.1, -0.05) is 25.5 Å². The summed E-state index contributed by atoms with van der Waals surface area (Å²) in [7, 11) is 0. The van der Waals surface area contributed by atoms with Crippen LogP contribution in [-0.2, 0) is 23.7 Å². The molecule has 28 heavy (non-hydrogen) atoms. The lowest BCUT2D eigenvalue weighted by molar-refractivity contribution is -0.248. The number of carbonyl (C=O) groups is 1. The number of ketones is 1. The number of carbonyl (C=O) groups excluding carboxylic acids is 1. The molecule has 6 rings (SSSR count). The molecule has 2 spiro atoms. The van der Waals surface area contributed by atoms with Crippen LogP contribution in [0.25, 0.3) is 0 Å². The quantitative estimate of drug-likeness (QED) is 0.635. The summed E-state index contributed by atoms with van der Waals surface area (Å²) in [5.74, 6) is 1.27. The lowest BCUT2D eigenvalue weighted by Gasteiger charge is -2.59. The fourth-order valence-corrected chi connectivity index (χ4v) is 8.18. The van der Waals surface area contributed by atoms with E-state index in [1.165, 1.54) is 12.0 Å². The minimum absolute atomic E-state index is 0.0319. The Hall–Kier alpha value is -1.01. The summed E-state index contributed by atoms with van der Waals surface area (Å²) in [6, 6.07) is 0. The Labute approximate surface area is 166 Å². The molecule has 0 aromatic heterocycles. The average Bonchev–Trinajstić information content (AvgIpc) is 3.37. The molecule has 5 heteroatoms. The summed E-state index contributed by atoms with van der Waals surface area (Å²) in [6.45, 7) is 5.85. The minimum Gasteiger partial charge on any atom is -0.350 e. The van der Waals surface area contributed by atoms with Gasteiger partial charge in [-0.3, -0.25) is 4.79 Å². The van der Waals surface area contributed by atoms with Crippen molar-refractivity contribution in [1.29, 1.82) is 0 Å². The topological polar surface area (TPSA) is 54.0 Å². The zero-order chi connectivity index (χ0) is 19.2. The van der Waals surface area contributed by atoms with Crippen LogP contribution in [0.1, 0.15) is 52.4 Å². The van der Waals surface area contributed by atoms with Crippen molar-refractivity contribution in [1.82, 2.24) is 0 Å². The van der Waals surface area contributed by atoms with Gasteiger partial charge in [0.25, 0.3) is 0 Å². The van der Waals surface area contributed by atoms with Crippen LogP contribution < -0.4 is 0 Å². The molecule has 2 heterocycles. The monoisotopic (exact) mass is 386 g/mol. The van der Waals surface area contributed by atoms with Crippen LogP contribution in [0.5, 0.6) is 0 Å². The van der Waals surface area contributed by atoms with Gasteiger partial charge in [-0.25, -0.2) is 0 Å². The Bertz CT molecular complexity index is 774. The molecule has 2 saturated heterocycles. The van der Waals surface area contributed by atoms with Crippen molar-refractivity contribution < 1.29 is 23.7 Å². The van der Waals surface area contributed by atoms with Gasteiger partial charge in [0.1, 0.15) is 12.2 Å². The van der Waals surface area contributed by atoms with Crippen LogP contribution in [0.4, 0.5) is 0 Å². The lowest BCUT2D eigenvalue weighted by atomic mass is 9.47. The second kappa shape index (κ2) is 5.57. The third kappa shape index (κ3) is 1.90. The standard InChI is InChI=1S/C23H30O5/c1-20-8-5-16(24)11-15(20)3-4-17-18(20)6-9-21(2)19(17)7-10-22(21)23(28-14-26-22)12-25-13-27-23/h5,8,11,17-19H,3-4,6-7,9-10,12-14H2,1-2H3/t17-,18+,19+,20+,21+,22-,23?/m1/s1. The normalized spacial score (nSPS) is 54.7. The van der Waals surface area contributed by atoms with E-state index in [9.17, 15) is 4.79 Å². The van der Waals surface area contributed by atoms with E-state index in [0.29, 0.717) is 37.9 Å². The van der Waals surface area contributed by atoms with Crippen LogP contribution in [0.2, 0.25) is 0 Å². The molecule has 0 amide bonds. The van der Waals surface area contributed by atoms with E-state index >= 15 is 0 Å². The summed E-state index contributed by atoms with van der Waals surface area (Å²) in [5.41, 5.74) is 1.01. The first-order valence-electron chi connectivity index (χ1n) is 10.9. The molecule has 1 unspecified atom stereocenters. The van der Waals surface area contributed by atoms with E-state index in [1.54, 1.807) is 6.08 Å². The molecular weight excluding hydrogens is 356 g/mol. The number of allylic oxidation sites excluding steroid dienone is 4. The highest BCUT2D eigenvalue weighted by atomic mass is 16.9. The van der Waals surface area contributed by atoms with Crippen molar-refractivity contribution in [2.75, 3.05) is 20.2 Å². The smallest absolute Gasteiger partial charge is 0.226 e. The maximum Gasteiger partial charge on any atom is 0.226 e. The molecule has 3 saturated carbocycles. The number of hydrogen-bond donors (Lipinski definition) is 0. The molecule has 152 valence electrons. The van der Waals surface area contributed by atoms with Gasteiger partial charge in [-0.15, -0.1) is 0 Å². The van der Waals surface area contributed by atoms with Gasteiger partial charge in [0.2, 0.25) is 5.79 Å². The largest absolute Gasteiger partial charge is 0.350 e.